The first-order valence-corrected chi connectivity index (χ1v) is 5.99. The van der Waals surface area contributed by atoms with Gasteiger partial charge in [0, 0.05) is 12.0 Å². The standard InChI is InChI=1S/C14H21NO2/c1-13(2)10-17-14(3,15-13)9-11-6-5-7-12(8-11)16-4/h5-8,15H,9-10H2,1-4H3. The predicted octanol–water partition coefficient (Wildman–Crippen LogP) is 2.35. The van der Waals surface area contributed by atoms with Crippen LogP contribution in [0.4, 0.5) is 0 Å². The Labute approximate surface area is 103 Å². The molecular weight excluding hydrogens is 214 g/mol. The molecule has 17 heavy (non-hydrogen) atoms. The predicted molar refractivity (Wildman–Crippen MR) is 68.3 cm³/mol. The molecule has 1 saturated heterocycles. The van der Waals surface area contributed by atoms with E-state index in [1.165, 1.54) is 5.56 Å². The van der Waals surface area contributed by atoms with Crippen LogP contribution < -0.4 is 10.1 Å². The maximum atomic E-state index is 5.88. The van der Waals surface area contributed by atoms with Gasteiger partial charge in [0.2, 0.25) is 0 Å². The largest absolute Gasteiger partial charge is 0.497 e. The zero-order chi connectivity index (χ0) is 12.5. The van der Waals surface area contributed by atoms with Gasteiger partial charge >= 0.3 is 0 Å². The van der Waals surface area contributed by atoms with Crippen molar-refractivity contribution in [2.45, 2.75) is 38.5 Å². The molecule has 0 aromatic heterocycles. The van der Waals surface area contributed by atoms with E-state index < -0.39 is 0 Å². The van der Waals surface area contributed by atoms with Gasteiger partial charge < -0.3 is 9.47 Å². The lowest BCUT2D eigenvalue weighted by Crippen LogP contribution is -2.47. The van der Waals surface area contributed by atoms with Crippen molar-refractivity contribution in [2.24, 2.45) is 0 Å². The lowest BCUT2D eigenvalue weighted by molar-refractivity contribution is 0.00667. The van der Waals surface area contributed by atoms with Crippen LogP contribution in [-0.4, -0.2) is 25.0 Å². The Morgan fingerprint density at radius 3 is 2.71 bits per heavy atom. The van der Waals surface area contributed by atoms with Crippen molar-refractivity contribution in [1.82, 2.24) is 5.32 Å². The molecule has 1 N–H and O–H groups in total. The topological polar surface area (TPSA) is 30.5 Å². The van der Waals surface area contributed by atoms with Crippen LogP contribution in [-0.2, 0) is 11.2 Å². The molecule has 3 heteroatoms. The third kappa shape index (κ3) is 2.99. The summed E-state index contributed by atoms with van der Waals surface area (Å²) >= 11 is 0. The molecule has 1 atom stereocenters. The minimum Gasteiger partial charge on any atom is -0.497 e. The van der Waals surface area contributed by atoms with E-state index in [0.717, 1.165) is 18.8 Å². The Bertz CT molecular complexity index is 403. The quantitative estimate of drug-likeness (QED) is 0.872. The van der Waals surface area contributed by atoms with Crippen molar-refractivity contribution in [1.29, 1.82) is 0 Å². The minimum atomic E-state index is -0.282. The molecule has 1 heterocycles. The fourth-order valence-electron chi connectivity index (χ4n) is 2.39. The summed E-state index contributed by atoms with van der Waals surface area (Å²) in [6.45, 7) is 7.16. The van der Waals surface area contributed by atoms with E-state index in [0.29, 0.717) is 0 Å². The third-order valence-electron chi connectivity index (χ3n) is 3.03. The van der Waals surface area contributed by atoms with E-state index in [-0.39, 0.29) is 11.3 Å². The van der Waals surface area contributed by atoms with Crippen LogP contribution >= 0.6 is 0 Å². The molecule has 94 valence electrons. The molecule has 2 rings (SSSR count). The molecule has 0 saturated carbocycles. The highest BCUT2D eigenvalue weighted by molar-refractivity contribution is 5.29. The number of hydrogen-bond acceptors (Lipinski definition) is 3. The van der Waals surface area contributed by atoms with Crippen LogP contribution in [0.1, 0.15) is 26.3 Å². The second-order valence-electron chi connectivity index (χ2n) is 5.56. The van der Waals surface area contributed by atoms with Crippen LogP contribution in [0.3, 0.4) is 0 Å². The fourth-order valence-corrected chi connectivity index (χ4v) is 2.39. The van der Waals surface area contributed by atoms with E-state index in [4.69, 9.17) is 9.47 Å². The van der Waals surface area contributed by atoms with Crippen LogP contribution in [0.5, 0.6) is 5.75 Å². The number of benzene rings is 1. The zero-order valence-electron chi connectivity index (χ0n) is 11.0. The van der Waals surface area contributed by atoms with Crippen LogP contribution in [0, 0.1) is 0 Å². The highest BCUT2D eigenvalue weighted by Gasteiger charge is 2.39. The number of methoxy groups -OCH3 is 1. The van der Waals surface area contributed by atoms with Gasteiger partial charge in [-0.2, -0.15) is 0 Å². The summed E-state index contributed by atoms with van der Waals surface area (Å²) in [6, 6.07) is 8.13. The van der Waals surface area contributed by atoms with Gasteiger partial charge in [-0.15, -0.1) is 0 Å². The summed E-state index contributed by atoms with van der Waals surface area (Å²) in [4.78, 5) is 0. The zero-order valence-corrected chi connectivity index (χ0v) is 11.0. The molecule has 1 aromatic rings. The Balaban J connectivity index is 2.10. The van der Waals surface area contributed by atoms with Crippen LogP contribution in [0.2, 0.25) is 0 Å². The number of hydrogen-bond donors (Lipinski definition) is 1. The molecule has 0 radical (unpaired) electrons. The van der Waals surface area contributed by atoms with Crippen molar-refractivity contribution in [3.8, 4) is 5.75 Å². The van der Waals surface area contributed by atoms with Gasteiger partial charge in [-0.3, -0.25) is 5.32 Å². The number of rotatable bonds is 3. The Kier molecular flexibility index (Phi) is 3.15. The normalized spacial score (nSPS) is 27.1. The number of ether oxygens (including phenoxy) is 2. The van der Waals surface area contributed by atoms with Gasteiger partial charge in [0.05, 0.1) is 13.7 Å². The molecule has 0 aliphatic carbocycles. The molecule has 1 aliphatic rings. The van der Waals surface area contributed by atoms with Crippen LogP contribution in [0.25, 0.3) is 0 Å². The highest BCUT2D eigenvalue weighted by atomic mass is 16.5. The summed E-state index contributed by atoms with van der Waals surface area (Å²) in [5.74, 6) is 0.892. The highest BCUT2D eigenvalue weighted by Crippen LogP contribution is 2.27. The van der Waals surface area contributed by atoms with E-state index in [1.54, 1.807) is 7.11 Å². The monoisotopic (exact) mass is 235 g/mol. The molecule has 1 aliphatic heterocycles. The molecule has 1 unspecified atom stereocenters. The summed E-state index contributed by atoms with van der Waals surface area (Å²) in [5, 5.41) is 3.53. The van der Waals surface area contributed by atoms with Crippen molar-refractivity contribution >= 4 is 0 Å². The fraction of sp³-hybridized carbons (Fsp3) is 0.571. The Hall–Kier alpha value is -1.06. The maximum Gasteiger partial charge on any atom is 0.121 e. The first-order valence-electron chi connectivity index (χ1n) is 5.99. The molecule has 0 amide bonds. The van der Waals surface area contributed by atoms with Crippen molar-refractivity contribution in [3.05, 3.63) is 29.8 Å². The van der Waals surface area contributed by atoms with Crippen molar-refractivity contribution in [3.63, 3.8) is 0 Å². The lowest BCUT2D eigenvalue weighted by atomic mass is 10.0. The van der Waals surface area contributed by atoms with Crippen molar-refractivity contribution < 1.29 is 9.47 Å². The van der Waals surface area contributed by atoms with Gasteiger partial charge in [-0.05, 0) is 38.5 Å². The SMILES string of the molecule is COc1cccc(CC2(C)NC(C)(C)CO2)c1. The summed E-state index contributed by atoms with van der Waals surface area (Å²) in [6.07, 6.45) is 0.841. The van der Waals surface area contributed by atoms with Gasteiger partial charge in [0.15, 0.2) is 0 Å². The minimum absolute atomic E-state index is 0.0492. The molecule has 0 bridgehead atoms. The second-order valence-corrected chi connectivity index (χ2v) is 5.56. The summed E-state index contributed by atoms with van der Waals surface area (Å²) < 4.78 is 11.1. The van der Waals surface area contributed by atoms with Crippen LogP contribution in [0.15, 0.2) is 24.3 Å². The van der Waals surface area contributed by atoms with Gasteiger partial charge in [0.25, 0.3) is 0 Å². The van der Waals surface area contributed by atoms with Gasteiger partial charge in [-0.1, -0.05) is 12.1 Å². The molecule has 0 spiro atoms. The van der Waals surface area contributed by atoms with E-state index in [1.807, 2.05) is 12.1 Å². The van der Waals surface area contributed by atoms with E-state index in [2.05, 4.69) is 38.2 Å². The average molecular weight is 235 g/mol. The number of nitrogens with one attached hydrogen (secondary N) is 1. The molecule has 1 fully saturated rings. The maximum absolute atomic E-state index is 5.88. The summed E-state index contributed by atoms with van der Waals surface area (Å²) in [7, 11) is 1.69. The van der Waals surface area contributed by atoms with Gasteiger partial charge in [-0.25, -0.2) is 0 Å². The molecule has 1 aromatic carbocycles. The lowest BCUT2D eigenvalue weighted by Gasteiger charge is -2.26. The summed E-state index contributed by atoms with van der Waals surface area (Å²) in [5.41, 5.74) is 0.987. The Morgan fingerprint density at radius 2 is 2.12 bits per heavy atom. The molecular formula is C14H21NO2. The smallest absolute Gasteiger partial charge is 0.121 e. The van der Waals surface area contributed by atoms with E-state index >= 15 is 0 Å². The first-order chi connectivity index (χ1) is 7.92. The van der Waals surface area contributed by atoms with E-state index in [9.17, 15) is 0 Å². The second kappa shape index (κ2) is 4.31. The average Bonchev–Trinajstić information content (AvgIpc) is 2.53. The Morgan fingerprint density at radius 1 is 1.35 bits per heavy atom. The van der Waals surface area contributed by atoms with Gasteiger partial charge in [0.1, 0.15) is 11.5 Å². The van der Waals surface area contributed by atoms with Crippen molar-refractivity contribution in [2.75, 3.05) is 13.7 Å². The molecule has 3 nitrogen and oxygen atoms in total. The first kappa shape index (κ1) is 12.4. The third-order valence-corrected chi connectivity index (χ3v) is 3.03.